The minimum atomic E-state index is -0.0399. The van der Waals surface area contributed by atoms with E-state index in [1.807, 2.05) is 0 Å². The van der Waals surface area contributed by atoms with Crippen LogP contribution in [0, 0.1) is 6.92 Å². The van der Waals surface area contributed by atoms with Gasteiger partial charge in [-0.2, -0.15) is 13.5 Å². The van der Waals surface area contributed by atoms with E-state index in [0.717, 1.165) is 28.5 Å². The van der Waals surface area contributed by atoms with E-state index in [0.29, 0.717) is 23.9 Å². The van der Waals surface area contributed by atoms with E-state index in [9.17, 15) is 0 Å². The van der Waals surface area contributed by atoms with Gasteiger partial charge in [0.05, 0.1) is 18.2 Å². The molecule has 4 unspecified atom stereocenters. The van der Waals surface area contributed by atoms with Gasteiger partial charge in [-0.15, -0.1) is 0 Å². The third kappa shape index (κ3) is 4.36. The van der Waals surface area contributed by atoms with Crippen LogP contribution in [0.1, 0.15) is 132 Å². The molecule has 1 aromatic heterocycles. The van der Waals surface area contributed by atoms with Crippen LogP contribution in [-0.4, -0.2) is 28.9 Å². The predicted molar refractivity (Wildman–Crippen MR) is 197 cm³/mol. The summed E-state index contributed by atoms with van der Waals surface area (Å²) < 4.78 is 7.22. The topological polar surface area (TPSA) is 8.81 Å². The Morgan fingerprint density at radius 3 is 2.09 bits per heavy atom. The van der Waals surface area contributed by atoms with Gasteiger partial charge in [-0.25, -0.2) is 4.57 Å². The molecule has 0 N–H and O–H groups in total. The Balaban J connectivity index is 1.56. The van der Waals surface area contributed by atoms with Crippen molar-refractivity contribution in [2.75, 3.05) is 13.7 Å². The van der Waals surface area contributed by atoms with Crippen LogP contribution in [0.25, 0.3) is 17.1 Å². The molecule has 4 nitrogen and oxygen atoms in total. The van der Waals surface area contributed by atoms with E-state index >= 15 is 0 Å². The van der Waals surface area contributed by atoms with Crippen molar-refractivity contribution < 1.29 is 9.05 Å². The molecule has 0 aliphatic carbocycles. The van der Waals surface area contributed by atoms with Crippen molar-refractivity contribution >= 4 is 5.69 Å². The second kappa shape index (κ2) is 11.0. The van der Waals surface area contributed by atoms with Crippen LogP contribution in [0.5, 0.6) is 0 Å². The zero-order valence-corrected chi connectivity index (χ0v) is 30.8. The van der Waals surface area contributed by atoms with Crippen molar-refractivity contribution in [3.8, 4) is 17.1 Å². The van der Waals surface area contributed by atoms with Crippen LogP contribution in [0.15, 0.2) is 79.4 Å². The molecule has 4 atom stereocenters. The number of benzene rings is 3. The fourth-order valence-electron chi connectivity index (χ4n) is 9.58. The molecule has 4 aliphatic rings. The molecule has 8 rings (SSSR count). The molecule has 47 heavy (non-hydrogen) atoms. The Hall–Kier alpha value is -3.47. The second-order valence-corrected chi connectivity index (χ2v) is 16.1. The van der Waals surface area contributed by atoms with Gasteiger partial charge in [-0.05, 0) is 66.3 Å². The Morgan fingerprint density at radius 2 is 1.53 bits per heavy atom. The van der Waals surface area contributed by atoms with Gasteiger partial charge >= 0.3 is 0 Å². The summed E-state index contributed by atoms with van der Waals surface area (Å²) in [6.45, 7) is 24.8. The molecule has 0 radical (unpaired) electrons. The van der Waals surface area contributed by atoms with E-state index in [4.69, 9.17) is 0 Å². The van der Waals surface area contributed by atoms with Gasteiger partial charge in [0.1, 0.15) is 24.1 Å². The molecular weight excluding hydrogens is 573 g/mol. The van der Waals surface area contributed by atoms with Gasteiger partial charge in [0, 0.05) is 29.5 Å². The van der Waals surface area contributed by atoms with E-state index in [-0.39, 0.29) is 11.5 Å². The minimum absolute atomic E-state index is 0.0399. The van der Waals surface area contributed by atoms with Gasteiger partial charge < -0.3 is 0 Å². The molecule has 4 aliphatic heterocycles. The van der Waals surface area contributed by atoms with Gasteiger partial charge in [0.25, 0.3) is 5.82 Å². The van der Waals surface area contributed by atoms with Crippen molar-refractivity contribution in [3.05, 3.63) is 113 Å². The minimum Gasteiger partial charge on any atom is -0.222 e. The Bertz CT molecular complexity index is 1860. The number of quaternary nitrogens is 2. The van der Waals surface area contributed by atoms with Crippen LogP contribution in [-0.2, 0) is 5.41 Å². The zero-order chi connectivity index (χ0) is 33.6. The molecule has 246 valence electrons. The fraction of sp³-hybridized carbons (Fsp3) is 0.465. The quantitative estimate of drug-likeness (QED) is 0.135. The lowest BCUT2D eigenvalue weighted by molar-refractivity contribution is -0.941. The van der Waals surface area contributed by atoms with Crippen LogP contribution in [0.3, 0.4) is 0 Å². The van der Waals surface area contributed by atoms with E-state index < -0.39 is 0 Å². The summed E-state index contributed by atoms with van der Waals surface area (Å²) in [5.74, 6) is 2.62. The first-order chi connectivity index (χ1) is 22.3. The lowest BCUT2D eigenvalue weighted by Gasteiger charge is -2.52. The average molecular weight is 630 g/mol. The first-order valence-corrected chi connectivity index (χ1v) is 18.3. The summed E-state index contributed by atoms with van der Waals surface area (Å²) in [7, 11) is 2.38. The van der Waals surface area contributed by atoms with Crippen LogP contribution in [0.2, 0.25) is 0 Å². The third-order valence-electron chi connectivity index (χ3n) is 12.6. The molecule has 4 heteroatoms. The molecule has 2 bridgehead atoms. The third-order valence-corrected chi connectivity index (χ3v) is 12.6. The van der Waals surface area contributed by atoms with E-state index in [1.54, 1.807) is 0 Å². The van der Waals surface area contributed by atoms with Crippen molar-refractivity contribution in [3.63, 3.8) is 0 Å². The maximum atomic E-state index is 2.69. The van der Waals surface area contributed by atoms with Crippen molar-refractivity contribution in [2.24, 2.45) is 0 Å². The smallest absolute Gasteiger partial charge is 0.222 e. The van der Waals surface area contributed by atoms with Gasteiger partial charge in [0.2, 0.25) is 12.8 Å². The monoisotopic (exact) mass is 629 g/mol. The number of nitrogens with zero attached hydrogens (tertiary/aromatic N) is 4. The summed E-state index contributed by atoms with van der Waals surface area (Å²) in [5, 5.41) is 0. The summed E-state index contributed by atoms with van der Waals surface area (Å²) in [6.07, 6.45) is 12.4. The normalized spacial score (nSPS) is 25.4. The lowest BCUT2D eigenvalue weighted by Crippen LogP contribution is -2.76. The van der Waals surface area contributed by atoms with Crippen LogP contribution in [0.4, 0.5) is 5.69 Å². The van der Waals surface area contributed by atoms with Crippen LogP contribution < -0.4 is 9.05 Å². The average Bonchev–Trinajstić information content (AvgIpc) is 3.73. The first kappa shape index (κ1) is 32.1. The summed E-state index contributed by atoms with van der Waals surface area (Å²) in [5.41, 5.74) is 12.8. The molecule has 1 saturated heterocycles. The highest BCUT2D eigenvalue weighted by Crippen LogP contribution is 2.55. The number of rotatable bonds is 8. The standard InChI is InChI=1S/C43H57N4/c1-12-43(13-2)38-17-15-14-16-34(38)42-44(40-36(29(5)6)25-33(28(3)4)26-37(40)30(7)8)20-21-45(42)41(43)35-19-18-31(9)24-39(35)47-23-22-46(11,27-47)32(47)10/h14-26,28-30,32,41H,12-13,27H2,1-11H3/q+3. The van der Waals surface area contributed by atoms with Gasteiger partial charge in [-0.3, -0.25) is 0 Å². The number of fused-ring (bicyclic) bond motifs is 3. The highest BCUT2D eigenvalue weighted by atomic mass is 15.7. The lowest BCUT2D eigenvalue weighted by atomic mass is 9.64. The maximum absolute atomic E-state index is 2.69. The fourth-order valence-corrected chi connectivity index (χ4v) is 9.58. The number of imidazole rings is 1. The highest BCUT2D eigenvalue weighted by Gasteiger charge is 2.67. The van der Waals surface area contributed by atoms with Crippen molar-refractivity contribution in [2.45, 2.75) is 117 Å². The Morgan fingerprint density at radius 1 is 0.872 bits per heavy atom. The largest absolute Gasteiger partial charge is 0.294 e. The second-order valence-electron chi connectivity index (χ2n) is 16.1. The summed E-state index contributed by atoms with van der Waals surface area (Å²) in [6, 6.07) is 21.9. The highest BCUT2D eigenvalue weighted by molar-refractivity contribution is 5.69. The van der Waals surface area contributed by atoms with E-state index in [2.05, 4.69) is 165 Å². The number of aromatic nitrogens is 2. The van der Waals surface area contributed by atoms with Crippen LogP contribution >= 0.6 is 0 Å². The molecule has 1 fully saturated rings. The molecule has 0 saturated carbocycles. The van der Waals surface area contributed by atoms with Crippen molar-refractivity contribution in [1.82, 2.24) is 9.05 Å². The maximum Gasteiger partial charge on any atom is 0.294 e. The first-order valence-electron chi connectivity index (χ1n) is 18.3. The molecular formula is C43H57N4+3. The van der Waals surface area contributed by atoms with E-state index in [1.165, 1.54) is 56.1 Å². The van der Waals surface area contributed by atoms with Gasteiger partial charge in [-0.1, -0.05) is 91.8 Å². The molecule has 4 aromatic rings. The number of hydrogen-bond donors (Lipinski definition) is 0. The van der Waals surface area contributed by atoms with Gasteiger partial charge in [0.15, 0.2) is 18.1 Å². The SMILES string of the molecule is CCC1(CC)c2ccccc2-c2n(-c3c(C(C)C)cc(C(C)C)cc3C(C)C)cc[n+]2C1c1ccc(C)cc1[N+]12C=C[N+](C)(C1)C2C. The number of aryl methyl sites for hydroxylation is 1. The summed E-state index contributed by atoms with van der Waals surface area (Å²) in [4.78, 5) is 0. The Kier molecular flexibility index (Phi) is 7.54. The molecule has 5 heterocycles. The van der Waals surface area contributed by atoms with Crippen molar-refractivity contribution in [1.29, 1.82) is 0 Å². The predicted octanol–water partition coefficient (Wildman–Crippen LogP) is 10.3. The number of hydrogen-bond acceptors (Lipinski definition) is 0. The summed E-state index contributed by atoms with van der Waals surface area (Å²) >= 11 is 0. The molecule has 3 aromatic carbocycles. The molecule has 0 spiro atoms. The zero-order valence-electron chi connectivity index (χ0n) is 30.8. The Labute approximate surface area is 284 Å². The molecule has 0 amide bonds.